The number of nitrogens with one attached hydrogen (secondary N) is 1. The highest BCUT2D eigenvalue weighted by Crippen LogP contribution is 2.24. The second-order valence-corrected chi connectivity index (χ2v) is 2.73. The van der Waals surface area contributed by atoms with E-state index in [1.165, 1.54) is 7.11 Å². The predicted molar refractivity (Wildman–Crippen MR) is 56.0 cm³/mol. The predicted octanol–water partition coefficient (Wildman–Crippen LogP) is 1.28. The van der Waals surface area contributed by atoms with Crippen molar-refractivity contribution in [2.24, 2.45) is 0 Å². The Hall–Kier alpha value is -1.36. The summed E-state index contributed by atoms with van der Waals surface area (Å²) in [5, 5.41) is 0. The van der Waals surface area contributed by atoms with Crippen LogP contribution in [0.5, 0.6) is 11.5 Å². The number of carbonyl (C=O) groups is 1. The monoisotopic (exact) mass is 213 g/mol. The molecule has 5 heteroatoms. The summed E-state index contributed by atoms with van der Waals surface area (Å²) in [6.45, 7) is 0. The van der Waals surface area contributed by atoms with Crippen molar-refractivity contribution in [3.8, 4) is 11.5 Å². The molecule has 1 rings (SSSR count). The van der Waals surface area contributed by atoms with Crippen molar-refractivity contribution in [3.05, 3.63) is 23.8 Å². The van der Waals surface area contributed by atoms with Gasteiger partial charge in [-0.1, -0.05) is 12.8 Å². The topological polar surface area (TPSA) is 47.6 Å². The fourth-order valence-electron chi connectivity index (χ4n) is 1.05. The van der Waals surface area contributed by atoms with Gasteiger partial charge in [0, 0.05) is 6.07 Å². The molecule has 0 saturated heterocycles. The molecule has 0 unspecified atom stereocenters. The molecule has 0 spiro atoms. The molecule has 0 atom stereocenters. The smallest absolute Gasteiger partial charge is 0.264 e. The average molecular weight is 213 g/mol. The van der Waals surface area contributed by atoms with Crippen molar-refractivity contribution < 1.29 is 14.3 Å². The highest BCUT2D eigenvalue weighted by molar-refractivity contribution is 7.78. The van der Waals surface area contributed by atoms with Gasteiger partial charge < -0.3 is 9.47 Å². The molecular formula is C9H11NO3S. The maximum absolute atomic E-state index is 11.3. The molecule has 1 amide bonds. The van der Waals surface area contributed by atoms with E-state index < -0.39 is 0 Å². The van der Waals surface area contributed by atoms with Crippen molar-refractivity contribution in [1.29, 1.82) is 0 Å². The van der Waals surface area contributed by atoms with Crippen molar-refractivity contribution in [2.75, 3.05) is 14.2 Å². The molecule has 0 radical (unpaired) electrons. The highest BCUT2D eigenvalue weighted by Gasteiger charge is 2.11. The van der Waals surface area contributed by atoms with Crippen LogP contribution in [0.3, 0.4) is 0 Å². The molecule has 1 aromatic carbocycles. The summed E-state index contributed by atoms with van der Waals surface area (Å²) in [5.74, 6) is 0.779. The van der Waals surface area contributed by atoms with Crippen molar-refractivity contribution in [1.82, 2.24) is 4.72 Å². The van der Waals surface area contributed by atoms with E-state index in [-0.39, 0.29) is 5.91 Å². The Kier molecular flexibility index (Phi) is 3.64. The van der Waals surface area contributed by atoms with E-state index in [0.717, 1.165) is 0 Å². The molecule has 1 aromatic rings. The van der Waals surface area contributed by atoms with Gasteiger partial charge in [0.1, 0.15) is 11.5 Å². The first-order chi connectivity index (χ1) is 6.72. The standard InChI is InChI=1S/C9H11NO3S/c1-12-6-3-4-7(9(11)10-14)8(5-6)13-2/h3-5,14H,1-2H3,(H,10,11). The fourth-order valence-corrected chi connectivity index (χ4v) is 1.17. The van der Waals surface area contributed by atoms with Crippen molar-refractivity contribution >= 4 is 18.7 Å². The Morgan fingerprint density at radius 2 is 2.07 bits per heavy atom. The Morgan fingerprint density at radius 3 is 2.57 bits per heavy atom. The third-order valence-electron chi connectivity index (χ3n) is 1.75. The summed E-state index contributed by atoms with van der Waals surface area (Å²) in [5.41, 5.74) is 0.420. The normalized spacial score (nSPS) is 9.36. The first-order valence-electron chi connectivity index (χ1n) is 3.89. The zero-order valence-corrected chi connectivity index (χ0v) is 8.80. The number of rotatable bonds is 3. The largest absolute Gasteiger partial charge is 0.497 e. The van der Waals surface area contributed by atoms with E-state index in [1.54, 1.807) is 25.3 Å². The van der Waals surface area contributed by atoms with E-state index in [4.69, 9.17) is 9.47 Å². The SMILES string of the molecule is COc1ccc(C(=O)NS)c(OC)c1. The van der Waals surface area contributed by atoms with Gasteiger partial charge in [0.2, 0.25) is 0 Å². The van der Waals surface area contributed by atoms with Crippen LogP contribution in [-0.2, 0) is 0 Å². The van der Waals surface area contributed by atoms with Crippen molar-refractivity contribution in [2.45, 2.75) is 0 Å². The van der Waals surface area contributed by atoms with Crippen LogP contribution in [0.1, 0.15) is 10.4 Å². The zero-order chi connectivity index (χ0) is 10.6. The summed E-state index contributed by atoms with van der Waals surface area (Å²) in [6.07, 6.45) is 0. The van der Waals surface area contributed by atoms with E-state index in [1.807, 2.05) is 0 Å². The van der Waals surface area contributed by atoms with E-state index in [2.05, 4.69) is 17.5 Å². The number of amides is 1. The summed E-state index contributed by atoms with van der Waals surface area (Å²) < 4.78 is 12.3. The van der Waals surface area contributed by atoms with E-state index in [9.17, 15) is 4.79 Å². The summed E-state index contributed by atoms with van der Waals surface area (Å²) >= 11 is 3.68. The molecule has 1 N–H and O–H groups in total. The molecule has 0 aromatic heterocycles. The van der Waals surface area contributed by atoms with Gasteiger partial charge in [-0.2, -0.15) is 0 Å². The molecule has 76 valence electrons. The zero-order valence-electron chi connectivity index (χ0n) is 7.90. The van der Waals surface area contributed by atoms with Crippen molar-refractivity contribution in [3.63, 3.8) is 0 Å². The van der Waals surface area contributed by atoms with Crippen LogP contribution in [-0.4, -0.2) is 20.1 Å². The van der Waals surface area contributed by atoms with Crippen LogP contribution < -0.4 is 14.2 Å². The summed E-state index contributed by atoms with van der Waals surface area (Å²) in [4.78, 5) is 11.3. The molecule has 0 aliphatic rings. The lowest BCUT2D eigenvalue weighted by atomic mass is 10.2. The van der Waals surface area contributed by atoms with Crippen LogP contribution in [0, 0.1) is 0 Å². The molecule has 4 nitrogen and oxygen atoms in total. The van der Waals surface area contributed by atoms with Gasteiger partial charge in [-0.15, -0.1) is 0 Å². The fraction of sp³-hybridized carbons (Fsp3) is 0.222. The van der Waals surface area contributed by atoms with Crippen LogP contribution in [0.2, 0.25) is 0 Å². The third kappa shape index (κ3) is 2.11. The number of carbonyl (C=O) groups excluding carboxylic acids is 1. The van der Waals surface area contributed by atoms with Gasteiger partial charge >= 0.3 is 0 Å². The summed E-state index contributed by atoms with van der Waals surface area (Å²) in [6, 6.07) is 4.93. The first-order valence-corrected chi connectivity index (χ1v) is 4.34. The number of hydrogen-bond donors (Lipinski definition) is 2. The van der Waals surface area contributed by atoms with Crippen LogP contribution in [0.4, 0.5) is 0 Å². The maximum atomic E-state index is 11.3. The van der Waals surface area contributed by atoms with Crippen LogP contribution in [0.15, 0.2) is 18.2 Å². The Labute approximate surface area is 87.8 Å². The van der Waals surface area contributed by atoms with Crippen LogP contribution >= 0.6 is 12.8 Å². The molecule has 0 aliphatic carbocycles. The van der Waals surface area contributed by atoms with Crippen LogP contribution in [0.25, 0.3) is 0 Å². The number of thiol groups is 1. The highest BCUT2D eigenvalue weighted by atomic mass is 32.1. The molecule has 0 heterocycles. The molecule has 0 bridgehead atoms. The van der Waals surface area contributed by atoms with Gasteiger partial charge in [0.05, 0.1) is 19.8 Å². The van der Waals surface area contributed by atoms with Gasteiger partial charge in [-0.3, -0.25) is 9.52 Å². The number of methoxy groups -OCH3 is 2. The molecule has 0 saturated carbocycles. The number of ether oxygens (including phenoxy) is 2. The minimum absolute atomic E-state index is 0.312. The summed E-state index contributed by atoms with van der Waals surface area (Å²) in [7, 11) is 3.04. The first kappa shape index (κ1) is 10.7. The molecule has 0 aliphatic heterocycles. The molecule has 14 heavy (non-hydrogen) atoms. The van der Waals surface area contributed by atoms with Gasteiger partial charge in [-0.05, 0) is 12.1 Å². The second kappa shape index (κ2) is 4.76. The minimum Gasteiger partial charge on any atom is -0.497 e. The van der Waals surface area contributed by atoms with Gasteiger partial charge in [-0.25, -0.2) is 0 Å². The van der Waals surface area contributed by atoms with E-state index in [0.29, 0.717) is 17.1 Å². The molecule has 0 fully saturated rings. The Bertz CT molecular complexity index is 341. The number of hydrogen-bond acceptors (Lipinski definition) is 4. The quantitative estimate of drug-likeness (QED) is 0.743. The van der Waals surface area contributed by atoms with E-state index >= 15 is 0 Å². The lowest BCUT2D eigenvalue weighted by molar-refractivity contribution is 0.0982. The number of benzene rings is 1. The Morgan fingerprint density at radius 1 is 1.36 bits per heavy atom. The Balaban J connectivity index is 3.11. The molecular weight excluding hydrogens is 202 g/mol. The average Bonchev–Trinajstić information content (AvgIpc) is 2.27. The minimum atomic E-state index is -0.312. The van der Waals surface area contributed by atoms with Gasteiger partial charge in [0.15, 0.2) is 0 Å². The lowest BCUT2D eigenvalue weighted by Gasteiger charge is -2.08. The maximum Gasteiger partial charge on any atom is 0.264 e. The lowest BCUT2D eigenvalue weighted by Crippen LogP contribution is -2.13. The van der Waals surface area contributed by atoms with Gasteiger partial charge in [0.25, 0.3) is 5.91 Å². The third-order valence-corrected chi connectivity index (χ3v) is 1.96. The second-order valence-electron chi connectivity index (χ2n) is 2.51.